The summed E-state index contributed by atoms with van der Waals surface area (Å²) >= 11 is 0. The molecule has 0 unspecified atom stereocenters. The van der Waals surface area contributed by atoms with Crippen LogP contribution in [0.15, 0.2) is 6.07 Å². The molecule has 2 N–H and O–H groups in total. The number of piperazine rings is 1. The van der Waals surface area contributed by atoms with Crippen molar-refractivity contribution in [3.05, 3.63) is 17.4 Å². The third kappa shape index (κ3) is 1.97. The van der Waals surface area contributed by atoms with Crippen LogP contribution in [0.5, 0.6) is 17.2 Å². The van der Waals surface area contributed by atoms with Crippen LogP contribution in [0.1, 0.15) is 5.56 Å². The molecule has 0 saturated carbocycles. The molecule has 3 rings (SSSR count). The Hall–Kier alpha value is -1.53. The summed E-state index contributed by atoms with van der Waals surface area (Å²) in [5.41, 5.74) is 0.379. The van der Waals surface area contributed by atoms with Crippen LogP contribution >= 0.6 is 0 Å². The smallest absolute Gasteiger partial charge is 0.231 e. The first-order valence-corrected chi connectivity index (χ1v) is 5.98. The minimum Gasteiger partial charge on any atom is -0.505 e. The van der Waals surface area contributed by atoms with Gasteiger partial charge in [-0.3, -0.25) is 4.90 Å². The van der Waals surface area contributed by atoms with Crippen LogP contribution in [-0.4, -0.2) is 43.0 Å². The van der Waals surface area contributed by atoms with Crippen molar-refractivity contribution < 1.29 is 19.0 Å². The second kappa shape index (κ2) is 4.62. The van der Waals surface area contributed by atoms with E-state index in [-0.39, 0.29) is 12.5 Å². The number of nitrogens with zero attached hydrogens (tertiary/aromatic N) is 1. The van der Waals surface area contributed by atoms with E-state index in [2.05, 4.69) is 10.2 Å². The number of hydrogen-bond donors (Lipinski definition) is 2. The summed E-state index contributed by atoms with van der Waals surface area (Å²) in [4.78, 5) is 2.12. The quantitative estimate of drug-likeness (QED) is 0.812. The van der Waals surface area contributed by atoms with Gasteiger partial charge in [-0.15, -0.1) is 0 Å². The van der Waals surface area contributed by atoms with Crippen molar-refractivity contribution in [1.82, 2.24) is 10.2 Å². The molecule has 0 bridgehead atoms. The monoisotopic (exact) mass is 254 g/mol. The van der Waals surface area contributed by atoms with Gasteiger partial charge in [0, 0.05) is 38.8 Å². The van der Waals surface area contributed by atoms with Gasteiger partial charge < -0.3 is 19.9 Å². The first-order chi connectivity index (χ1) is 8.75. The topological polar surface area (TPSA) is 54.0 Å². The van der Waals surface area contributed by atoms with E-state index in [1.54, 1.807) is 0 Å². The Kier molecular flexibility index (Phi) is 2.97. The summed E-state index contributed by atoms with van der Waals surface area (Å²) in [5.74, 6) is -0.162. The summed E-state index contributed by atoms with van der Waals surface area (Å²) in [6, 6.07) is 1.26. The van der Waals surface area contributed by atoms with E-state index in [4.69, 9.17) is 9.47 Å². The number of fused-ring (bicyclic) bond motifs is 1. The van der Waals surface area contributed by atoms with Gasteiger partial charge in [-0.25, -0.2) is 4.39 Å². The molecular weight excluding hydrogens is 239 g/mol. The maximum Gasteiger partial charge on any atom is 0.231 e. The Morgan fingerprint density at radius 2 is 2.11 bits per heavy atom. The molecule has 1 aromatic carbocycles. The van der Waals surface area contributed by atoms with Gasteiger partial charge in [0.2, 0.25) is 6.79 Å². The van der Waals surface area contributed by atoms with Crippen LogP contribution in [0.25, 0.3) is 0 Å². The van der Waals surface area contributed by atoms with E-state index < -0.39 is 5.82 Å². The van der Waals surface area contributed by atoms with Crippen molar-refractivity contribution in [1.29, 1.82) is 0 Å². The zero-order chi connectivity index (χ0) is 12.5. The number of halogens is 1. The molecule has 0 radical (unpaired) electrons. The molecule has 1 aromatic rings. The molecule has 5 nitrogen and oxygen atoms in total. The highest BCUT2D eigenvalue weighted by atomic mass is 19.1. The predicted octanol–water partition coefficient (Wildman–Crippen LogP) is 0.665. The minimum atomic E-state index is -0.613. The Labute approximate surface area is 104 Å². The van der Waals surface area contributed by atoms with E-state index in [0.29, 0.717) is 23.6 Å². The van der Waals surface area contributed by atoms with Crippen LogP contribution in [0.3, 0.4) is 0 Å². The van der Waals surface area contributed by atoms with Gasteiger partial charge in [-0.05, 0) is 0 Å². The van der Waals surface area contributed by atoms with E-state index >= 15 is 0 Å². The average molecular weight is 254 g/mol. The summed E-state index contributed by atoms with van der Waals surface area (Å²) in [5, 5.41) is 12.8. The molecule has 0 aromatic heterocycles. The van der Waals surface area contributed by atoms with Gasteiger partial charge in [0.05, 0.1) is 5.56 Å². The van der Waals surface area contributed by atoms with Crippen LogP contribution in [0.4, 0.5) is 4.39 Å². The minimum absolute atomic E-state index is 0.0762. The lowest BCUT2D eigenvalue weighted by Crippen LogP contribution is -2.43. The molecule has 2 heterocycles. The number of benzene rings is 1. The number of ether oxygens (including phenoxy) is 2. The van der Waals surface area contributed by atoms with Gasteiger partial charge in [-0.1, -0.05) is 0 Å². The summed E-state index contributed by atoms with van der Waals surface area (Å²) in [6.45, 7) is 3.98. The molecule has 0 atom stereocenters. The summed E-state index contributed by atoms with van der Waals surface area (Å²) < 4.78 is 24.5. The standard InChI is InChI=1S/C12H15FN2O3/c13-11-8(6-15-3-1-14-2-4-15)12-10(5-9(11)16)17-7-18-12/h5,14,16H,1-4,6-7H2. The third-order valence-corrected chi connectivity index (χ3v) is 3.26. The fourth-order valence-electron chi connectivity index (χ4n) is 2.31. The summed E-state index contributed by atoms with van der Waals surface area (Å²) in [6.07, 6.45) is 0. The van der Waals surface area contributed by atoms with Crippen LogP contribution in [-0.2, 0) is 6.54 Å². The molecule has 18 heavy (non-hydrogen) atoms. The lowest BCUT2D eigenvalue weighted by Gasteiger charge is -2.27. The van der Waals surface area contributed by atoms with Crippen molar-refractivity contribution in [2.75, 3.05) is 33.0 Å². The van der Waals surface area contributed by atoms with Crippen LogP contribution < -0.4 is 14.8 Å². The largest absolute Gasteiger partial charge is 0.505 e. The molecule has 1 fully saturated rings. The molecule has 98 valence electrons. The first kappa shape index (κ1) is 11.6. The Balaban J connectivity index is 1.90. The van der Waals surface area contributed by atoms with Gasteiger partial charge in [0.15, 0.2) is 23.1 Å². The maximum absolute atomic E-state index is 14.0. The second-order valence-corrected chi connectivity index (χ2v) is 4.45. The lowest BCUT2D eigenvalue weighted by molar-refractivity contribution is 0.170. The third-order valence-electron chi connectivity index (χ3n) is 3.26. The molecule has 0 amide bonds. The average Bonchev–Trinajstić information content (AvgIpc) is 2.84. The first-order valence-electron chi connectivity index (χ1n) is 5.98. The molecule has 2 aliphatic heterocycles. The number of phenols is 1. The number of nitrogens with one attached hydrogen (secondary N) is 1. The van der Waals surface area contributed by atoms with Crippen LogP contribution in [0.2, 0.25) is 0 Å². The second-order valence-electron chi connectivity index (χ2n) is 4.45. The molecule has 6 heteroatoms. The lowest BCUT2D eigenvalue weighted by atomic mass is 10.1. The van der Waals surface area contributed by atoms with Crippen molar-refractivity contribution >= 4 is 0 Å². The Bertz CT molecular complexity index is 461. The van der Waals surface area contributed by atoms with Crippen molar-refractivity contribution in [3.63, 3.8) is 0 Å². The van der Waals surface area contributed by atoms with Crippen LogP contribution in [0, 0.1) is 5.82 Å². The maximum atomic E-state index is 14.0. The number of rotatable bonds is 2. The highest BCUT2D eigenvalue weighted by molar-refractivity contribution is 5.53. The van der Waals surface area contributed by atoms with Gasteiger partial charge in [0.25, 0.3) is 0 Å². The van der Waals surface area contributed by atoms with Crippen molar-refractivity contribution in [3.8, 4) is 17.2 Å². The highest BCUT2D eigenvalue weighted by Gasteiger charge is 2.26. The van der Waals surface area contributed by atoms with E-state index in [0.717, 1.165) is 26.2 Å². The zero-order valence-electron chi connectivity index (χ0n) is 9.91. The van der Waals surface area contributed by atoms with Gasteiger partial charge in [0.1, 0.15) is 0 Å². The normalized spacial score (nSPS) is 19.2. The van der Waals surface area contributed by atoms with Crippen molar-refractivity contribution in [2.24, 2.45) is 0 Å². The predicted molar refractivity (Wildman–Crippen MR) is 62.3 cm³/mol. The molecular formula is C12H15FN2O3. The number of aromatic hydroxyl groups is 1. The van der Waals surface area contributed by atoms with E-state index in [1.165, 1.54) is 6.07 Å². The molecule has 1 saturated heterocycles. The molecule has 0 aliphatic carbocycles. The Morgan fingerprint density at radius 1 is 1.33 bits per heavy atom. The summed E-state index contributed by atoms with van der Waals surface area (Å²) in [7, 11) is 0. The van der Waals surface area contributed by atoms with E-state index in [9.17, 15) is 9.50 Å². The highest BCUT2D eigenvalue weighted by Crippen LogP contribution is 2.41. The fraction of sp³-hybridized carbons (Fsp3) is 0.500. The molecule has 0 spiro atoms. The Morgan fingerprint density at radius 3 is 2.89 bits per heavy atom. The molecule has 2 aliphatic rings. The zero-order valence-corrected chi connectivity index (χ0v) is 9.91. The SMILES string of the molecule is Oc1cc2c(c(CN3CCNCC3)c1F)OCO2. The number of hydrogen-bond acceptors (Lipinski definition) is 5. The van der Waals surface area contributed by atoms with Crippen molar-refractivity contribution in [2.45, 2.75) is 6.54 Å². The van der Waals surface area contributed by atoms with Gasteiger partial charge >= 0.3 is 0 Å². The fourth-order valence-corrected chi connectivity index (χ4v) is 2.31. The van der Waals surface area contributed by atoms with Gasteiger partial charge in [-0.2, -0.15) is 0 Å². The number of phenolic OH excluding ortho intramolecular Hbond substituents is 1. The van der Waals surface area contributed by atoms with E-state index in [1.807, 2.05) is 0 Å².